The lowest BCUT2D eigenvalue weighted by Crippen LogP contribution is -2.21. The van der Waals surface area contributed by atoms with Gasteiger partial charge in [-0.2, -0.15) is 0 Å². The first-order chi connectivity index (χ1) is 8.69. The number of rotatable bonds is 5. The summed E-state index contributed by atoms with van der Waals surface area (Å²) < 4.78 is 2.18. The molecule has 1 heterocycles. The van der Waals surface area contributed by atoms with Gasteiger partial charge in [-0.15, -0.1) is 11.3 Å². The molecule has 0 saturated carbocycles. The van der Waals surface area contributed by atoms with E-state index < -0.39 is 0 Å². The summed E-state index contributed by atoms with van der Waals surface area (Å²) in [6.45, 7) is 2.12. The molecule has 0 aliphatic heterocycles. The molecule has 5 heteroatoms. The first kappa shape index (κ1) is 14.1. The van der Waals surface area contributed by atoms with Gasteiger partial charge < -0.3 is 5.73 Å². The molecule has 0 aliphatic rings. The van der Waals surface area contributed by atoms with Gasteiger partial charge in [-0.3, -0.25) is 0 Å². The lowest BCUT2D eigenvalue weighted by atomic mass is 10.1. The third-order valence-corrected chi connectivity index (χ3v) is 5.50. The SMILES string of the molecule is CCC(N)Cc1ccc(Sc2nccs2)c(Br)c1. The topological polar surface area (TPSA) is 38.9 Å². The van der Waals surface area contributed by atoms with Crippen LogP contribution in [0, 0.1) is 0 Å². The smallest absolute Gasteiger partial charge is 0.154 e. The van der Waals surface area contributed by atoms with E-state index in [1.807, 2.05) is 11.6 Å². The van der Waals surface area contributed by atoms with E-state index >= 15 is 0 Å². The summed E-state index contributed by atoms with van der Waals surface area (Å²) in [5.41, 5.74) is 7.25. The molecule has 0 bridgehead atoms. The maximum Gasteiger partial charge on any atom is 0.154 e. The highest BCUT2D eigenvalue weighted by Gasteiger charge is 2.07. The largest absolute Gasteiger partial charge is 0.327 e. The van der Waals surface area contributed by atoms with Crippen molar-refractivity contribution in [3.05, 3.63) is 39.8 Å². The lowest BCUT2D eigenvalue weighted by molar-refractivity contribution is 0.646. The summed E-state index contributed by atoms with van der Waals surface area (Å²) in [4.78, 5) is 5.47. The third kappa shape index (κ3) is 3.82. The maximum atomic E-state index is 5.97. The van der Waals surface area contributed by atoms with Crippen molar-refractivity contribution in [2.75, 3.05) is 0 Å². The number of hydrogen-bond donors (Lipinski definition) is 1. The molecule has 2 rings (SSSR count). The molecule has 0 saturated heterocycles. The van der Waals surface area contributed by atoms with Crippen molar-refractivity contribution in [1.29, 1.82) is 0 Å². The second kappa shape index (κ2) is 6.70. The van der Waals surface area contributed by atoms with Crippen molar-refractivity contribution >= 4 is 39.0 Å². The normalized spacial score (nSPS) is 12.6. The Balaban J connectivity index is 2.10. The standard InChI is InChI=1S/C13H15BrN2S2/c1-2-10(15)7-9-3-4-12(11(14)8-9)18-13-16-5-6-17-13/h3-6,8,10H,2,7,15H2,1H3. The zero-order valence-electron chi connectivity index (χ0n) is 10.1. The van der Waals surface area contributed by atoms with Gasteiger partial charge in [0.1, 0.15) is 0 Å². The molecule has 18 heavy (non-hydrogen) atoms. The Kier molecular flexibility index (Phi) is 5.24. The minimum absolute atomic E-state index is 0.245. The Hall–Kier alpha value is -0.360. The van der Waals surface area contributed by atoms with E-state index in [0.717, 1.165) is 21.7 Å². The van der Waals surface area contributed by atoms with Crippen molar-refractivity contribution in [2.45, 2.75) is 35.0 Å². The van der Waals surface area contributed by atoms with Gasteiger partial charge in [0.15, 0.2) is 4.34 Å². The monoisotopic (exact) mass is 342 g/mol. The highest BCUT2D eigenvalue weighted by molar-refractivity contribution is 9.10. The fourth-order valence-corrected chi connectivity index (χ4v) is 3.81. The fourth-order valence-electron chi connectivity index (χ4n) is 1.56. The molecule has 2 nitrogen and oxygen atoms in total. The van der Waals surface area contributed by atoms with Gasteiger partial charge in [-0.25, -0.2) is 4.98 Å². The van der Waals surface area contributed by atoms with Crippen LogP contribution in [-0.2, 0) is 6.42 Å². The van der Waals surface area contributed by atoms with E-state index in [4.69, 9.17) is 5.73 Å². The molecule has 2 N–H and O–H groups in total. The van der Waals surface area contributed by atoms with E-state index in [1.165, 1.54) is 10.5 Å². The number of thiazole rings is 1. The number of hydrogen-bond acceptors (Lipinski definition) is 4. The zero-order valence-corrected chi connectivity index (χ0v) is 13.3. The Morgan fingerprint density at radius 3 is 2.94 bits per heavy atom. The first-order valence-corrected chi connectivity index (χ1v) is 8.29. The predicted molar refractivity (Wildman–Crippen MR) is 82.3 cm³/mol. The van der Waals surface area contributed by atoms with Crippen LogP contribution in [0.3, 0.4) is 0 Å². The third-order valence-electron chi connectivity index (χ3n) is 2.63. The van der Waals surface area contributed by atoms with Gasteiger partial charge in [0, 0.05) is 27.0 Å². The van der Waals surface area contributed by atoms with Gasteiger partial charge in [0.25, 0.3) is 0 Å². The molecule has 0 radical (unpaired) electrons. The Morgan fingerprint density at radius 1 is 1.50 bits per heavy atom. The summed E-state index contributed by atoms with van der Waals surface area (Å²) in [6, 6.07) is 6.68. The van der Waals surface area contributed by atoms with E-state index in [0.29, 0.717) is 0 Å². The quantitative estimate of drug-likeness (QED) is 0.878. The second-order valence-electron chi connectivity index (χ2n) is 4.04. The molecule has 1 aromatic heterocycles. The van der Waals surface area contributed by atoms with Crippen molar-refractivity contribution in [2.24, 2.45) is 5.73 Å². The maximum absolute atomic E-state index is 5.97. The lowest BCUT2D eigenvalue weighted by Gasteiger charge is -2.10. The Morgan fingerprint density at radius 2 is 2.33 bits per heavy atom. The molecule has 1 unspecified atom stereocenters. The van der Waals surface area contributed by atoms with Crippen molar-refractivity contribution in [3.8, 4) is 0 Å². The molecular weight excluding hydrogens is 328 g/mol. The summed E-state index contributed by atoms with van der Waals surface area (Å²) in [5.74, 6) is 0. The van der Waals surface area contributed by atoms with Crippen LogP contribution in [0.4, 0.5) is 0 Å². The highest BCUT2D eigenvalue weighted by atomic mass is 79.9. The van der Waals surface area contributed by atoms with Gasteiger partial charge in [0.2, 0.25) is 0 Å². The van der Waals surface area contributed by atoms with Crippen molar-refractivity contribution in [1.82, 2.24) is 4.98 Å². The number of benzene rings is 1. The van der Waals surface area contributed by atoms with E-state index in [9.17, 15) is 0 Å². The van der Waals surface area contributed by atoms with Crippen LogP contribution in [0.5, 0.6) is 0 Å². The number of nitrogens with zero attached hydrogens (tertiary/aromatic N) is 1. The van der Waals surface area contributed by atoms with Crippen LogP contribution >= 0.6 is 39.0 Å². The molecule has 0 fully saturated rings. The summed E-state index contributed by atoms with van der Waals surface area (Å²) in [5, 5.41) is 1.99. The Bertz CT molecular complexity index is 500. The van der Waals surface area contributed by atoms with E-state index in [1.54, 1.807) is 23.1 Å². The fraction of sp³-hybridized carbons (Fsp3) is 0.308. The van der Waals surface area contributed by atoms with Gasteiger partial charge >= 0.3 is 0 Å². The summed E-state index contributed by atoms with van der Waals surface area (Å²) in [6.07, 6.45) is 3.76. The van der Waals surface area contributed by atoms with Gasteiger partial charge in [0.05, 0.1) is 0 Å². The molecule has 0 amide bonds. The number of aromatic nitrogens is 1. The second-order valence-corrected chi connectivity index (χ2v) is 7.08. The van der Waals surface area contributed by atoms with Crippen LogP contribution in [-0.4, -0.2) is 11.0 Å². The van der Waals surface area contributed by atoms with Crippen LogP contribution in [0.1, 0.15) is 18.9 Å². The molecule has 1 atom stereocenters. The number of halogens is 1. The minimum atomic E-state index is 0.245. The van der Waals surface area contributed by atoms with E-state index in [-0.39, 0.29) is 6.04 Å². The summed E-state index contributed by atoms with van der Waals surface area (Å²) in [7, 11) is 0. The van der Waals surface area contributed by atoms with Gasteiger partial charge in [-0.05, 0) is 46.5 Å². The predicted octanol–water partition coefficient (Wildman–Crippen LogP) is 4.34. The molecule has 1 aromatic carbocycles. The average molecular weight is 343 g/mol. The van der Waals surface area contributed by atoms with Gasteiger partial charge in [-0.1, -0.05) is 24.8 Å². The molecule has 2 aromatic rings. The molecule has 96 valence electrons. The first-order valence-electron chi connectivity index (χ1n) is 5.80. The van der Waals surface area contributed by atoms with Crippen molar-refractivity contribution in [3.63, 3.8) is 0 Å². The molecular formula is C13H15BrN2S2. The van der Waals surface area contributed by atoms with E-state index in [2.05, 4.69) is 46.0 Å². The van der Waals surface area contributed by atoms with Crippen LogP contribution in [0.2, 0.25) is 0 Å². The van der Waals surface area contributed by atoms with Crippen LogP contribution < -0.4 is 5.73 Å². The minimum Gasteiger partial charge on any atom is -0.327 e. The van der Waals surface area contributed by atoms with Crippen LogP contribution in [0.15, 0.2) is 43.5 Å². The van der Waals surface area contributed by atoms with Crippen molar-refractivity contribution < 1.29 is 0 Å². The number of nitrogens with two attached hydrogens (primary N) is 1. The zero-order chi connectivity index (χ0) is 13.0. The average Bonchev–Trinajstić information content (AvgIpc) is 2.85. The summed E-state index contributed by atoms with van der Waals surface area (Å²) >= 11 is 6.96. The van der Waals surface area contributed by atoms with Crippen LogP contribution in [0.25, 0.3) is 0 Å². The molecule has 0 spiro atoms. The molecule has 0 aliphatic carbocycles. The Labute approximate surface area is 124 Å². The highest BCUT2D eigenvalue weighted by Crippen LogP contribution is 2.35.